The fraction of sp³-hybridized carbons (Fsp3) is 0.667. The lowest BCUT2D eigenvalue weighted by atomic mass is 9.93. The maximum Gasteiger partial charge on any atom is 0.264 e. The molecule has 0 saturated carbocycles. The summed E-state index contributed by atoms with van der Waals surface area (Å²) in [5, 5.41) is 3.17. The molecule has 0 aliphatic carbocycles. The van der Waals surface area contributed by atoms with E-state index in [0.717, 1.165) is 38.9 Å². The number of carbonyl (C=O) groups excluding carboxylic acids is 1. The van der Waals surface area contributed by atoms with Gasteiger partial charge in [0.2, 0.25) is 11.8 Å². The number of ether oxygens (including phenoxy) is 2. The molecule has 1 N–H and O–H groups in total. The van der Waals surface area contributed by atoms with Crippen LogP contribution in [0.15, 0.2) is 6.33 Å². The number of likely N-dealkylation sites (tertiary alicyclic amines) is 1. The van der Waals surface area contributed by atoms with Gasteiger partial charge in [0.15, 0.2) is 5.56 Å². The van der Waals surface area contributed by atoms with Crippen LogP contribution in [0.3, 0.4) is 0 Å². The second kappa shape index (κ2) is 7.93. The van der Waals surface area contributed by atoms with Crippen LogP contribution < -0.4 is 14.8 Å². The molecule has 2 rings (SSSR count). The smallest absolute Gasteiger partial charge is 0.264 e. The van der Waals surface area contributed by atoms with Crippen molar-refractivity contribution in [3.63, 3.8) is 0 Å². The number of methoxy groups -OCH3 is 2. The van der Waals surface area contributed by atoms with Gasteiger partial charge in [-0.15, -0.1) is 0 Å². The van der Waals surface area contributed by atoms with Gasteiger partial charge in [0.25, 0.3) is 5.91 Å². The number of hydrogen-bond acceptors (Lipinski definition) is 6. The van der Waals surface area contributed by atoms with E-state index in [4.69, 9.17) is 9.47 Å². The normalized spacial score (nSPS) is 15.7. The lowest BCUT2D eigenvalue weighted by molar-refractivity contribution is 0.0678. The maximum absolute atomic E-state index is 12.8. The number of amides is 1. The summed E-state index contributed by atoms with van der Waals surface area (Å²) in [7, 11) is 4.94. The molecule has 0 spiro atoms. The van der Waals surface area contributed by atoms with E-state index in [0.29, 0.717) is 11.5 Å². The number of rotatable bonds is 6. The fourth-order valence-electron chi connectivity index (χ4n) is 2.78. The Morgan fingerprint density at radius 1 is 1.27 bits per heavy atom. The van der Waals surface area contributed by atoms with Crippen LogP contribution in [-0.2, 0) is 0 Å². The van der Waals surface area contributed by atoms with Crippen molar-refractivity contribution in [1.82, 2.24) is 20.2 Å². The van der Waals surface area contributed by atoms with Gasteiger partial charge < -0.3 is 19.7 Å². The van der Waals surface area contributed by atoms with Crippen molar-refractivity contribution in [2.24, 2.45) is 5.92 Å². The van der Waals surface area contributed by atoms with Gasteiger partial charge in [-0.2, -0.15) is 0 Å². The monoisotopic (exact) mass is 308 g/mol. The fourth-order valence-corrected chi connectivity index (χ4v) is 2.78. The summed E-state index contributed by atoms with van der Waals surface area (Å²) < 4.78 is 10.4. The van der Waals surface area contributed by atoms with Crippen molar-refractivity contribution < 1.29 is 14.3 Å². The Bertz CT molecular complexity index is 479. The molecule has 1 aromatic heterocycles. The largest absolute Gasteiger partial charge is 0.480 e. The third-order valence-corrected chi connectivity index (χ3v) is 4.08. The first kappa shape index (κ1) is 16.5. The second-order valence-corrected chi connectivity index (χ2v) is 5.40. The average molecular weight is 308 g/mol. The Labute approximate surface area is 131 Å². The number of nitrogens with one attached hydrogen (secondary N) is 1. The highest BCUT2D eigenvalue weighted by Gasteiger charge is 2.29. The highest BCUT2D eigenvalue weighted by Crippen LogP contribution is 2.28. The maximum atomic E-state index is 12.8. The molecule has 1 saturated heterocycles. The number of nitrogens with zero attached hydrogens (tertiary/aromatic N) is 3. The first-order valence-electron chi connectivity index (χ1n) is 7.58. The Morgan fingerprint density at radius 2 is 1.86 bits per heavy atom. The van der Waals surface area contributed by atoms with E-state index < -0.39 is 0 Å². The molecule has 2 heterocycles. The first-order valence-corrected chi connectivity index (χ1v) is 7.58. The molecule has 1 aliphatic rings. The lowest BCUT2D eigenvalue weighted by Crippen LogP contribution is -2.39. The summed E-state index contributed by atoms with van der Waals surface area (Å²) in [5.74, 6) is 1.07. The molecule has 22 heavy (non-hydrogen) atoms. The van der Waals surface area contributed by atoms with Gasteiger partial charge in [0.05, 0.1) is 14.2 Å². The average Bonchev–Trinajstić information content (AvgIpc) is 2.58. The molecule has 0 radical (unpaired) electrons. The molecule has 0 unspecified atom stereocenters. The summed E-state index contributed by atoms with van der Waals surface area (Å²) in [6, 6.07) is 0. The Balaban J connectivity index is 2.07. The highest BCUT2D eigenvalue weighted by molar-refractivity contribution is 5.98. The highest BCUT2D eigenvalue weighted by atomic mass is 16.5. The number of piperidine rings is 1. The van der Waals surface area contributed by atoms with Gasteiger partial charge in [-0.1, -0.05) is 0 Å². The van der Waals surface area contributed by atoms with Gasteiger partial charge in [-0.25, -0.2) is 9.97 Å². The summed E-state index contributed by atoms with van der Waals surface area (Å²) in [6.07, 6.45) is 4.52. The van der Waals surface area contributed by atoms with E-state index in [1.165, 1.54) is 20.5 Å². The lowest BCUT2D eigenvalue weighted by Gasteiger charge is -2.32. The minimum absolute atomic E-state index is 0.124. The summed E-state index contributed by atoms with van der Waals surface area (Å²) in [4.78, 5) is 22.6. The van der Waals surface area contributed by atoms with Crippen molar-refractivity contribution in [3.05, 3.63) is 11.9 Å². The first-order chi connectivity index (χ1) is 10.7. The molecule has 1 aliphatic heterocycles. The van der Waals surface area contributed by atoms with Gasteiger partial charge in [0, 0.05) is 13.1 Å². The number of hydrogen-bond donors (Lipinski definition) is 1. The molecule has 0 aromatic carbocycles. The molecular weight excluding hydrogens is 284 g/mol. The van der Waals surface area contributed by atoms with Gasteiger partial charge in [-0.05, 0) is 38.8 Å². The van der Waals surface area contributed by atoms with E-state index in [9.17, 15) is 4.79 Å². The quantitative estimate of drug-likeness (QED) is 0.843. The zero-order valence-electron chi connectivity index (χ0n) is 13.5. The van der Waals surface area contributed by atoms with E-state index in [-0.39, 0.29) is 17.7 Å². The molecule has 1 amide bonds. The Hall–Kier alpha value is -1.89. The minimum Gasteiger partial charge on any atom is -0.480 e. The van der Waals surface area contributed by atoms with Crippen LogP contribution >= 0.6 is 0 Å². The predicted octanol–water partition coefficient (Wildman–Crippen LogP) is 0.956. The molecule has 0 bridgehead atoms. The van der Waals surface area contributed by atoms with Crippen LogP contribution in [0, 0.1) is 5.92 Å². The van der Waals surface area contributed by atoms with Crippen LogP contribution in [0.25, 0.3) is 0 Å². The van der Waals surface area contributed by atoms with E-state index >= 15 is 0 Å². The van der Waals surface area contributed by atoms with Crippen LogP contribution in [0.4, 0.5) is 0 Å². The summed E-state index contributed by atoms with van der Waals surface area (Å²) in [6.45, 7) is 2.51. The van der Waals surface area contributed by atoms with Gasteiger partial charge >= 0.3 is 0 Å². The van der Waals surface area contributed by atoms with Crippen molar-refractivity contribution in [3.8, 4) is 11.8 Å². The zero-order chi connectivity index (χ0) is 15.9. The summed E-state index contributed by atoms with van der Waals surface area (Å²) >= 11 is 0. The van der Waals surface area contributed by atoms with E-state index in [2.05, 4.69) is 15.3 Å². The molecule has 0 atom stereocenters. The summed E-state index contributed by atoms with van der Waals surface area (Å²) in [5.41, 5.74) is 0.307. The van der Waals surface area contributed by atoms with Crippen molar-refractivity contribution in [1.29, 1.82) is 0 Å². The third-order valence-electron chi connectivity index (χ3n) is 4.08. The van der Waals surface area contributed by atoms with Crippen molar-refractivity contribution in [2.75, 3.05) is 40.9 Å². The molecule has 122 valence electrons. The van der Waals surface area contributed by atoms with Crippen molar-refractivity contribution >= 4 is 5.91 Å². The predicted molar refractivity (Wildman–Crippen MR) is 82.3 cm³/mol. The minimum atomic E-state index is -0.124. The Kier molecular flexibility index (Phi) is 5.94. The molecule has 7 heteroatoms. The molecule has 1 aromatic rings. The van der Waals surface area contributed by atoms with E-state index in [1.54, 1.807) is 0 Å². The zero-order valence-corrected chi connectivity index (χ0v) is 13.5. The van der Waals surface area contributed by atoms with Crippen molar-refractivity contribution in [2.45, 2.75) is 19.3 Å². The number of carbonyl (C=O) groups is 1. The molecule has 1 fully saturated rings. The SMILES string of the molecule is CNCCC1CCN(C(=O)c2c(OC)ncnc2OC)CC1. The van der Waals surface area contributed by atoms with Crippen LogP contribution in [0.1, 0.15) is 29.6 Å². The van der Waals surface area contributed by atoms with Gasteiger partial charge in [-0.3, -0.25) is 4.79 Å². The Morgan fingerprint density at radius 3 is 2.36 bits per heavy atom. The van der Waals surface area contributed by atoms with Gasteiger partial charge in [0.1, 0.15) is 6.33 Å². The standard InChI is InChI=1S/C15H24N4O3/c1-16-7-4-11-5-8-19(9-6-11)15(20)12-13(21-2)17-10-18-14(12)22-3/h10-11,16H,4-9H2,1-3H3. The molecule has 7 nitrogen and oxygen atoms in total. The van der Waals surface area contributed by atoms with Crippen LogP contribution in [-0.4, -0.2) is 61.7 Å². The van der Waals surface area contributed by atoms with Crippen LogP contribution in [0.2, 0.25) is 0 Å². The van der Waals surface area contributed by atoms with Crippen LogP contribution in [0.5, 0.6) is 11.8 Å². The van der Waals surface area contributed by atoms with E-state index in [1.807, 2.05) is 11.9 Å². The third kappa shape index (κ3) is 3.65. The molecular formula is C15H24N4O3. The second-order valence-electron chi connectivity index (χ2n) is 5.40. The topological polar surface area (TPSA) is 76.6 Å². The number of aromatic nitrogens is 2.